The molecule has 2 N–H and O–H groups in total. The van der Waals surface area contributed by atoms with Crippen LogP contribution < -0.4 is 10.2 Å². The first-order valence-corrected chi connectivity index (χ1v) is 9.26. The molecule has 2 aromatic rings. The van der Waals surface area contributed by atoms with Crippen LogP contribution in [0.5, 0.6) is 0 Å². The first-order valence-electron chi connectivity index (χ1n) is 9.26. The van der Waals surface area contributed by atoms with Gasteiger partial charge in [0.1, 0.15) is 23.8 Å². The van der Waals surface area contributed by atoms with E-state index in [4.69, 9.17) is 0 Å². The van der Waals surface area contributed by atoms with E-state index < -0.39 is 18.8 Å². The van der Waals surface area contributed by atoms with Crippen LogP contribution in [0, 0.1) is 5.82 Å². The Bertz CT molecular complexity index is 802. The summed E-state index contributed by atoms with van der Waals surface area (Å²) in [5, 5.41) is 13.2. The van der Waals surface area contributed by atoms with Gasteiger partial charge in [-0.15, -0.1) is 0 Å². The van der Waals surface area contributed by atoms with Crippen molar-refractivity contribution in [3.05, 3.63) is 48.0 Å². The number of anilines is 2. The minimum absolute atomic E-state index is 0.165. The van der Waals surface area contributed by atoms with E-state index in [9.17, 15) is 22.7 Å². The van der Waals surface area contributed by atoms with Gasteiger partial charge < -0.3 is 15.3 Å². The molecule has 6 nitrogen and oxygen atoms in total. The van der Waals surface area contributed by atoms with Gasteiger partial charge in [0.25, 0.3) is 0 Å². The molecule has 10 heteroatoms. The molecule has 1 saturated heterocycles. The van der Waals surface area contributed by atoms with E-state index in [0.717, 1.165) is 0 Å². The first kappa shape index (κ1) is 21.3. The number of hydrogen-bond donors (Lipinski definition) is 2. The molecule has 1 aliphatic rings. The lowest BCUT2D eigenvalue weighted by molar-refractivity contribution is -0.150. The van der Waals surface area contributed by atoms with Gasteiger partial charge >= 0.3 is 6.18 Å². The van der Waals surface area contributed by atoms with Gasteiger partial charge in [0.2, 0.25) is 0 Å². The van der Waals surface area contributed by atoms with Crippen LogP contribution in [-0.2, 0) is 0 Å². The summed E-state index contributed by atoms with van der Waals surface area (Å²) in [4.78, 5) is 11.7. The predicted molar refractivity (Wildman–Crippen MR) is 101 cm³/mol. The standard InChI is InChI=1S/C19H23F4N5O/c1-13-10-27(6-7-28(13)11-19(21,22)23)18-8-17(25-12-26-18)24-9-16(29)14-2-4-15(20)5-3-14/h2-5,8,12-13,16,29H,6-7,9-11H2,1H3,(H,24,25,26). The van der Waals surface area contributed by atoms with Gasteiger partial charge in [-0.25, -0.2) is 14.4 Å². The highest BCUT2D eigenvalue weighted by atomic mass is 19.4. The lowest BCUT2D eigenvalue weighted by Gasteiger charge is -2.40. The number of aliphatic hydroxyl groups excluding tert-OH is 1. The Labute approximate surface area is 166 Å². The Hall–Kier alpha value is -2.46. The van der Waals surface area contributed by atoms with E-state index in [1.807, 2.05) is 4.90 Å². The Morgan fingerprint density at radius 3 is 2.59 bits per heavy atom. The zero-order chi connectivity index (χ0) is 21.0. The van der Waals surface area contributed by atoms with E-state index in [1.54, 1.807) is 13.0 Å². The summed E-state index contributed by atoms with van der Waals surface area (Å²) in [5.74, 6) is 0.720. The van der Waals surface area contributed by atoms with Crippen molar-refractivity contribution < 1.29 is 22.7 Å². The summed E-state index contributed by atoms with van der Waals surface area (Å²) < 4.78 is 50.9. The highest BCUT2D eigenvalue weighted by molar-refractivity contribution is 5.49. The van der Waals surface area contributed by atoms with Crippen molar-refractivity contribution in [2.45, 2.75) is 25.2 Å². The maximum Gasteiger partial charge on any atom is 0.401 e. The van der Waals surface area contributed by atoms with Crippen LogP contribution in [-0.4, -0.2) is 64.9 Å². The molecule has 0 aliphatic carbocycles. The number of aromatic nitrogens is 2. The van der Waals surface area contributed by atoms with E-state index >= 15 is 0 Å². The van der Waals surface area contributed by atoms with E-state index in [0.29, 0.717) is 30.3 Å². The Balaban J connectivity index is 1.57. The third-order valence-electron chi connectivity index (χ3n) is 4.86. The zero-order valence-electron chi connectivity index (χ0n) is 15.9. The minimum atomic E-state index is -4.21. The number of halogens is 4. The molecule has 3 rings (SSSR count). The monoisotopic (exact) mass is 413 g/mol. The molecule has 0 saturated carbocycles. The maximum atomic E-state index is 13.0. The lowest BCUT2D eigenvalue weighted by atomic mass is 10.1. The van der Waals surface area contributed by atoms with Gasteiger partial charge in [0.05, 0.1) is 12.6 Å². The topological polar surface area (TPSA) is 64.5 Å². The molecular weight excluding hydrogens is 390 g/mol. The summed E-state index contributed by atoms with van der Waals surface area (Å²) in [6, 6.07) is 7.01. The second-order valence-corrected chi connectivity index (χ2v) is 7.09. The fraction of sp³-hybridized carbons (Fsp3) is 0.474. The van der Waals surface area contributed by atoms with E-state index in [2.05, 4.69) is 15.3 Å². The first-order chi connectivity index (χ1) is 13.7. The van der Waals surface area contributed by atoms with Crippen LogP contribution in [0.25, 0.3) is 0 Å². The van der Waals surface area contributed by atoms with Crippen molar-refractivity contribution >= 4 is 11.6 Å². The largest absolute Gasteiger partial charge is 0.401 e. The average Bonchev–Trinajstić information content (AvgIpc) is 2.67. The van der Waals surface area contributed by atoms with E-state index in [1.165, 1.54) is 35.5 Å². The third-order valence-corrected chi connectivity index (χ3v) is 4.86. The summed E-state index contributed by atoms with van der Waals surface area (Å²) in [6.07, 6.45) is -3.69. The Morgan fingerprint density at radius 2 is 1.93 bits per heavy atom. The molecule has 0 radical (unpaired) electrons. The maximum absolute atomic E-state index is 13.0. The molecule has 2 unspecified atom stereocenters. The fourth-order valence-corrected chi connectivity index (χ4v) is 3.29. The molecular formula is C19H23F4N5O. The van der Waals surface area contributed by atoms with Gasteiger partial charge in [0, 0.05) is 38.3 Å². The molecule has 1 aromatic carbocycles. The van der Waals surface area contributed by atoms with Crippen molar-refractivity contribution in [2.75, 3.05) is 42.9 Å². The molecule has 1 aromatic heterocycles. The van der Waals surface area contributed by atoms with Gasteiger partial charge in [-0.3, -0.25) is 4.90 Å². The molecule has 0 amide bonds. The van der Waals surface area contributed by atoms with Crippen LogP contribution >= 0.6 is 0 Å². The number of benzene rings is 1. The molecule has 1 aliphatic heterocycles. The van der Waals surface area contributed by atoms with Crippen molar-refractivity contribution in [3.8, 4) is 0 Å². The molecule has 2 heterocycles. The van der Waals surface area contributed by atoms with Gasteiger partial charge in [0.15, 0.2) is 0 Å². The summed E-state index contributed by atoms with van der Waals surface area (Å²) >= 11 is 0. The van der Waals surface area contributed by atoms with Crippen molar-refractivity contribution in [2.24, 2.45) is 0 Å². The Kier molecular flexibility index (Phi) is 6.53. The number of nitrogens with zero attached hydrogens (tertiary/aromatic N) is 4. The number of hydrogen-bond acceptors (Lipinski definition) is 6. The number of piperazine rings is 1. The molecule has 29 heavy (non-hydrogen) atoms. The van der Waals surface area contributed by atoms with E-state index in [-0.39, 0.29) is 24.9 Å². The second-order valence-electron chi connectivity index (χ2n) is 7.09. The fourth-order valence-electron chi connectivity index (χ4n) is 3.29. The highest BCUT2D eigenvalue weighted by Gasteiger charge is 2.35. The summed E-state index contributed by atoms with van der Waals surface area (Å²) in [5.41, 5.74) is 0.572. The third kappa shape index (κ3) is 6.01. The molecule has 0 bridgehead atoms. The van der Waals surface area contributed by atoms with Crippen molar-refractivity contribution in [1.29, 1.82) is 0 Å². The van der Waals surface area contributed by atoms with Crippen molar-refractivity contribution in [3.63, 3.8) is 0 Å². The van der Waals surface area contributed by atoms with Crippen LogP contribution in [0.1, 0.15) is 18.6 Å². The van der Waals surface area contributed by atoms with Crippen molar-refractivity contribution in [1.82, 2.24) is 14.9 Å². The normalized spacial score (nSPS) is 19.2. The Morgan fingerprint density at radius 1 is 1.21 bits per heavy atom. The predicted octanol–water partition coefficient (Wildman–Crippen LogP) is 2.83. The summed E-state index contributed by atoms with van der Waals surface area (Å²) in [7, 11) is 0. The van der Waals surface area contributed by atoms with Crippen LogP contribution in [0.15, 0.2) is 36.7 Å². The smallest absolute Gasteiger partial charge is 0.387 e. The SMILES string of the molecule is CC1CN(c2cc(NCC(O)c3ccc(F)cc3)ncn2)CCN1CC(F)(F)F. The van der Waals surface area contributed by atoms with Gasteiger partial charge in [-0.1, -0.05) is 12.1 Å². The molecule has 158 valence electrons. The van der Waals surface area contributed by atoms with Gasteiger partial charge in [-0.05, 0) is 24.6 Å². The van der Waals surface area contributed by atoms with Crippen LogP contribution in [0.2, 0.25) is 0 Å². The number of aliphatic hydroxyl groups is 1. The number of nitrogens with one attached hydrogen (secondary N) is 1. The number of alkyl halides is 3. The molecule has 0 spiro atoms. The molecule has 1 fully saturated rings. The highest BCUT2D eigenvalue weighted by Crippen LogP contribution is 2.23. The van der Waals surface area contributed by atoms with Gasteiger partial charge in [-0.2, -0.15) is 13.2 Å². The summed E-state index contributed by atoms with van der Waals surface area (Å²) in [6.45, 7) is 2.14. The average molecular weight is 413 g/mol. The lowest BCUT2D eigenvalue weighted by Crippen LogP contribution is -2.54. The minimum Gasteiger partial charge on any atom is -0.387 e. The quantitative estimate of drug-likeness (QED) is 0.711. The molecule has 2 atom stereocenters. The zero-order valence-corrected chi connectivity index (χ0v) is 15.9. The number of rotatable bonds is 6. The second kappa shape index (κ2) is 8.91. The van der Waals surface area contributed by atoms with Crippen LogP contribution in [0.4, 0.5) is 29.2 Å². The van der Waals surface area contributed by atoms with Crippen LogP contribution in [0.3, 0.4) is 0 Å².